The third-order valence-corrected chi connectivity index (χ3v) is 2.98. The number of halogens is 1. The van der Waals surface area contributed by atoms with Gasteiger partial charge in [-0.2, -0.15) is 0 Å². The molecule has 16 heavy (non-hydrogen) atoms. The number of nitrogens with zero attached hydrogens (tertiary/aromatic N) is 1. The first-order valence-corrected chi connectivity index (χ1v) is 5.97. The average molecular weight is 235 g/mol. The van der Waals surface area contributed by atoms with Crippen molar-refractivity contribution in [3.8, 4) is 0 Å². The Balaban J connectivity index is 2.13. The van der Waals surface area contributed by atoms with E-state index in [0.717, 1.165) is 17.8 Å². The van der Waals surface area contributed by atoms with Gasteiger partial charge in [0.1, 0.15) is 0 Å². The van der Waals surface area contributed by atoms with Gasteiger partial charge in [0.15, 0.2) is 0 Å². The maximum Gasteiger partial charge on any atom is 0.0705 e. The van der Waals surface area contributed by atoms with Crippen LogP contribution in [0.5, 0.6) is 0 Å². The minimum absolute atomic E-state index is 0.315. The van der Waals surface area contributed by atoms with Crippen molar-refractivity contribution in [2.24, 2.45) is 0 Å². The maximum atomic E-state index is 5.73. The van der Waals surface area contributed by atoms with Crippen molar-refractivity contribution >= 4 is 22.5 Å². The number of aromatic nitrogens is 1. The van der Waals surface area contributed by atoms with Crippen LogP contribution in [0.2, 0.25) is 0 Å². The summed E-state index contributed by atoms with van der Waals surface area (Å²) in [6.07, 6.45) is 0. The van der Waals surface area contributed by atoms with Gasteiger partial charge in [-0.25, -0.2) is 0 Å². The van der Waals surface area contributed by atoms with Crippen LogP contribution in [0.15, 0.2) is 36.4 Å². The van der Waals surface area contributed by atoms with E-state index in [2.05, 4.69) is 35.4 Å². The van der Waals surface area contributed by atoms with Gasteiger partial charge in [0.2, 0.25) is 0 Å². The molecule has 0 spiro atoms. The Morgan fingerprint density at radius 3 is 2.88 bits per heavy atom. The smallest absolute Gasteiger partial charge is 0.0705 e. The number of benzene rings is 1. The lowest BCUT2D eigenvalue weighted by atomic mass is 10.2. The molecule has 2 nitrogen and oxygen atoms in total. The maximum absolute atomic E-state index is 5.73. The van der Waals surface area contributed by atoms with Gasteiger partial charge >= 0.3 is 0 Å². The predicted molar refractivity (Wildman–Crippen MR) is 68.8 cm³/mol. The van der Waals surface area contributed by atoms with Crippen LogP contribution in [0.3, 0.4) is 0 Å². The molecule has 0 radical (unpaired) electrons. The fourth-order valence-corrected chi connectivity index (χ4v) is 1.65. The largest absolute Gasteiger partial charge is 0.307 e. The SMILES string of the molecule is CC(CCl)NCc1ccc2ccccc2n1. The molecule has 0 bridgehead atoms. The standard InChI is InChI=1S/C13H15ClN2/c1-10(8-14)15-9-12-7-6-11-4-2-3-5-13(11)16-12/h2-7,10,15H,8-9H2,1H3. The average Bonchev–Trinajstić information content (AvgIpc) is 2.35. The zero-order chi connectivity index (χ0) is 11.4. The number of rotatable bonds is 4. The topological polar surface area (TPSA) is 24.9 Å². The zero-order valence-electron chi connectivity index (χ0n) is 9.28. The molecule has 0 aliphatic heterocycles. The molecule has 0 fully saturated rings. The molecular formula is C13H15ClN2. The fourth-order valence-electron chi connectivity index (χ4n) is 1.54. The van der Waals surface area contributed by atoms with E-state index in [4.69, 9.17) is 11.6 Å². The van der Waals surface area contributed by atoms with E-state index in [1.807, 2.05) is 18.2 Å². The van der Waals surface area contributed by atoms with Gasteiger partial charge in [-0.1, -0.05) is 24.3 Å². The first-order valence-electron chi connectivity index (χ1n) is 5.43. The molecule has 1 aromatic heterocycles. The molecule has 2 aromatic rings. The van der Waals surface area contributed by atoms with E-state index in [-0.39, 0.29) is 0 Å². The van der Waals surface area contributed by atoms with Crippen molar-refractivity contribution in [3.05, 3.63) is 42.1 Å². The monoisotopic (exact) mass is 234 g/mol. The quantitative estimate of drug-likeness (QED) is 0.823. The summed E-state index contributed by atoms with van der Waals surface area (Å²) >= 11 is 5.73. The number of fused-ring (bicyclic) bond motifs is 1. The summed E-state index contributed by atoms with van der Waals surface area (Å²) in [5.74, 6) is 0.619. The van der Waals surface area contributed by atoms with Gasteiger partial charge in [-0.05, 0) is 19.1 Å². The molecule has 2 rings (SSSR count). The molecule has 0 amide bonds. The minimum atomic E-state index is 0.315. The van der Waals surface area contributed by atoms with Gasteiger partial charge in [0, 0.05) is 23.9 Å². The highest BCUT2D eigenvalue weighted by atomic mass is 35.5. The van der Waals surface area contributed by atoms with Gasteiger partial charge in [-0.15, -0.1) is 11.6 Å². The molecule has 0 aliphatic carbocycles. The number of alkyl halides is 1. The number of nitrogens with one attached hydrogen (secondary N) is 1. The Morgan fingerprint density at radius 1 is 1.25 bits per heavy atom. The second-order valence-corrected chi connectivity index (χ2v) is 4.24. The Bertz CT molecular complexity index is 470. The fraction of sp³-hybridized carbons (Fsp3) is 0.308. The van der Waals surface area contributed by atoms with Crippen LogP contribution in [0.1, 0.15) is 12.6 Å². The van der Waals surface area contributed by atoms with Crippen molar-refractivity contribution in [3.63, 3.8) is 0 Å². The summed E-state index contributed by atoms with van der Waals surface area (Å²) in [5, 5.41) is 4.50. The van der Waals surface area contributed by atoms with Crippen molar-refractivity contribution in [1.29, 1.82) is 0 Å². The molecule has 0 saturated heterocycles. The molecule has 1 aromatic carbocycles. The minimum Gasteiger partial charge on any atom is -0.307 e. The summed E-state index contributed by atoms with van der Waals surface area (Å²) in [6.45, 7) is 2.83. The molecule has 0 saturated carbocycles. The lowest BCUT2D eigenvalue weighted by Gasteiger charge is -2.09. The highest BCUT2D eigenvalue weighted by molar-refractivity contribution is 6.18. The molecule has 0 aliphatic rings. The summed E-state index contributed by atoms with van der Waals surface area (Å²) in [4.78, 5) is 4.58. The number of hydrogen-bond acceptors (Lipinski definition) is 2. The van der Waals surface area contributed by atoms with E-state index in [1.165, 1.54) is 5.39 Å². The Hall–Kier alpha value is -1.12. The van der Waals surface area contributed by atoms with Gasteiger partial charge in [0.05, 0.1) is 11.2 Å². The first-order chi connectivity index (χ1) is 7.79. The third kappa shape index (κ3) is 2.71. The Labute approximate surface area is 101 Å². The summed E-state index contributed by atoms with van der Waals surface area (Å²) < 4.78 is 0. The molecular weight excluding hydrogens is 220 g/mol. The van der Waals surface area contributed by atoms with Gasteiger partial charge in [0.25, 0.3) is 0 Å². The van der Waals surface area contributed by atoms with E-state index in [0.29, 0.717) is 11.9 Å². The van der Waals surface area contributed by atoms with Crippen LogP contribution in [0.4, 0.5) is 0 Å². The van der Waals surface area contributed by atoms with Crippen LogP contribution in [0, 0.1) is 0 Å². The first kappa shape index (κ1) is 11.4. The lowest BCUT2D eigenvalue weighted by molar-refractivity contribution is 0.587. The van der Waals surface area contributed by atoms with E-state index in [9.17, 15) is 0 Å². The number of pyridine rings is 1. The summed E-state index contributed by atoms with van der Waals surface area (Å²) in [6, 6.07) is 12.6. The van der Waals surface area contributed by atoms with Crippen molar-refractivity contribution in [2.45, 2.75) is 19.5 Å². The number of para-hydroxylation sites is 1. The predicted octanol–water partition coefficient (Wildman–Crippen LogP) is 2.95. The highest BCUT2D eigenvalue weighted by Crippen LogP contribution is 2.11. The number of hydrogen-bond donors (Lipinski definition) is 1. The Kier molecular flexibility index (Phi) is 3.75. The zero-order valence-corrected chi connectivity index (χ0v) is 10.0. The van der Waals surface area contributed by atoms with Crippen LogP contribution >= 0.6 is 11.6 Å². The van der Waals surface area contributed by atoms with Crippen molar-refractivity contribution in [2.75, 3.05) is 5.88 Å². The molecule has 3 heteroatoms. The van der Waals surface area contributed by atoms with Gasteiger partial charge in [-0.3, -0.25) is 4.98 Å². The van der Waals surface area contributed by atoms with Crippen LogP contribution in [-0.2, 0) is 6.54 Å². The normalized spacial score (nSPS) is 12.9. The second kappa shape index (κ2) is 5.28. The molecule has 1 atom stereocenters. The molecule has 84 valence electrons. The summed E-state index contributed by atoms with van der Waals surface area (Å²) in [7, 11) is 0. The second-order valence-electron chi connectivity index (χ2n) is 3.93. The van der Waals surface area contributed by atoms with Crippen LogP contribution < -0.4 is 5.32 Å². The molecule has 1 heterocycles. The van der Waals surface area contributed by atoms with Crippen LogP contribution in [0.25, 0.3) is 10.9 Å². The van der Waals surface area contributed by atoms with E-state index >= 15 is 0 Å². The molecule has 1 unspecified atom stereocenters. The third-order valence-electron chi connectivity index (χ3n) is 2.52. The lowest BCUT2D eigenvalue weighted by Crippen LogP contribution is -2.27. The van der Waals surface area contributed by atoms with E-state index < -0.39 is 0 Å². The molecule has 1 N–H and O–H groups in total. The van der Waals surface area contributed by atoms with Crippen LogP contribution in [-0.4, -0.2) is 16.9 Å². The Morgan fingerprint density at radius 2 is 2.06 bits per heavy atom. The highest BCUT2D eigenvalue weighted by Gasteiger charge is 2.01. The van der Waals surface area contributed by atoms with E-state index in [1.54, 1.807) is 0 Å². The summed E-state index contributed by atoms with van der Waals surface area (Å²) in [5.41, 5.74) is 2.09. The van der Waals surface area contributed by atoms with Crippen molar-refractivity contribution in [1.82, 2.24) is 10.3 Å². The van der Waals surface area contributed by atoms with Crippen molar-refractivity contribution < 1.29 is 0 Å². The van der Waals surface area contributed by atoms with Gasteiger partial charge < -0.3 is 5.32 Å².